The Bertz CT molecular complexity index is 6990. The highest BCUT2D eigenvalue weighted by atomic mass is 35.5. The van der Waals surface area contributed by atoms with Crippen LogP contribution in [0.1, 0.15) is 254 Å². The second-order valence-corrected chi connectivity index (χ2v) is 39.5. The maximum Gasteiger partial charge on any atom is 0.409 e. The molecule has 0 spiro atoms. The van der Waals surface area contributed by atoms with Gasteiger partial charge >= 0.3 is 35.4 Å². The predicted molar refractivity (Wildman–Crippen MR) is 569 cm³/mol. The summed E-state index contributed by atoms with van der Waals surface area (Å²) in [6.07, 6.45) is 32.6. The Morgan fingerprint density at radius 2 is 0.800 bits per heavy atom. The van der Waals surface area contributed by atoms with Crippen LogP contribution in [0.2, 0.25) is 0 Å². The number of hydrogen-bond acceptors (Lipinski definition) is 25. The maximum atomic E-state index is 14.8. The van der Waals surface area contributed by atoms with Gasteiger partial charge in [0, 0.05) is 138 Å². The molecule has 34 heteroatoms. The van der Waals surface area contributed by atoms with Gasteiger partial charge in [-0.2, -0.15) is 0 Å². The lowest BCUT2D eigenvalue weighted by molar-refractivity contribution is -0.143. The van der Waals surface area contributed by atoms with Crippen molar-refractivity contribution in [2.24, 2.45) is 5.92 Å². The Kier molecular flexibility index (Phi) is 39.1. The van der Waals surface area contributed by atoms with Crippen LogP contribution in [0.5, 0.6) is 23.0 Å². The first-order valence-corrected chi connectivity index (χ1v) is 51.9. The largest absolute Gasteiger partial charge is 0.496 e. The number of nitrogens with one attached hydrogen (secondary N) is 2. The van der Waals surface area contributed by atoms with Gasteiger partial charge in [0.1, 0.15) is 93.7 Å². The Balaban J connectivity index is 0.000000152. The van der Waals surface area contributed by atoms with Crippen molar-refractivity contribution in [3.63, 3.8) is 0 Å². The van der Waals surface area contributed by atoms with Gasteiger partial charge in [-0.15, -0.1) is 0 Å². The number of aromatic nitrogens is 8. The van der Waals surface area contributed by atoms with Crippen molar-refractivity contribution in [1.29, 1.82) is 0 Å². The molecule has 798 valence electrons. The first kappa shape index (κ1) is 112. The van der Waals surface area contributed by atoms with E-state index in [1.807, 2.05) is 30.5 Å². The van der Waals surface area contributed by atoms with Gasteiger partial charge in [-0.05, 0) is 233 Å². The molecule has 0 saturated heterocycles. The zero-order chi connectivity index (χ0) is 107. The third-order valence-corrected chi connectivity index (χ3v) is 30.2. The SMILES string of the molecule is COC(=O)C(CNc1ccc2ccncc2c1N)c1cc(F)c(C)cc1OC.COC(=O)C(Cn1c(C2CCCCC2)nc2c3c(ccc21)CCN(C(=O)OC)C3)c1cc(F)c(C)cc1OC.COC(=O)C(Cn1c(C2CCCCC2)nc2c3c(ccc21)CCNC3)c1cc(F)c(C)cc1OC.COC(=O)C(Cn1c(C2CCCCC2)nc2c3cnccc3ccc21)c1cc(F)c(C)cc1OC.COC(=O)Cl.O=CC1CCCCC1. The van der Waals surface area contributed by atoms with Gasteiger partial charge in [0.15, 0.2) is 0 Å². The number of benzene rings is 8. The van der Waals surface area contributed by atoms with Crippen LogP contribution in [-0.4, -0.2) is 176 Å². The van der Waals surface area contributed by atoms with Gasteiger partial charge in [-0.1, -0.05) is 101 Å². The molecule has 6 aliphatic rings. The van der Waals surface area contributed by atoms with E-state index in [1.54, 1.807) is 82.6 Å². The Labute approximate surface area is 877 Å². The first-order chi connectivity index (χ1) is 72.5. The molecule has 5 aromatic heterocycles. The number of carbonyl (C=O) groups excluding carboxylic acids is 7. The number of aldehydes is 1. The second kappa shape index (κ2) is 52.5. The zero-order valence-electron chi connectivity index (χ0n) is 88.0. The molecule has 4 N–H and O–H groups in total. The molecule has 7 heterocycles. The van der Waals surface area contributed by atoms with E-state index in [4.69, 9.17) is 63.3 Å². The number of hydrogen-bond donors (Lipinski definition) is 3. The minimum absolute atomic E-state index is 0.154. The molecule has 2 aliphatic heterocycles. The van der Waals surface area contributed by atoms with Crippen LogP contribution in [0.15, 0.2) is 134 Å². The fourth-order valence-corrected chi connectivity index (χ4v) is 21.7. The van der Waals surface area contributed by atoms with E-state index >= 15 is 0 Å². The third-order valence-electron chi connectivity index (χ3n) is 30.0. The highest BCUT2D eigenvalue weighted by molar-refractivity contribution is 6.61. The number of ether oxygens (including phenoxy) is 10. The van der Waals surface area contributed by atoms with Gasteiger partial charge in [0.2, 0.25) is 0 Å². The van der Waals surface area contributed by atoms with E-state index in [0.717, 1.165) is 193 Å². The van der Waals surface area contributed by atoms with Crippen molar-refractivity contribution in [3.05, 3.63) is 241 Å². The van der Waals surface area contributed by atoms with Crippen molar-refractivity contribution in [1.82, 2.24) is 48.8 Å². The van der Waals surface area contributed by atoms with E-state index < -0.39 is 64.6 Å². The van der Waals surface area contributed by atoms with Crippen molar-refractivity contribution in [2.45, 2.75) is 243 Å². The van der Waals surface area contributed by atoms with Crippen LogP contribution in [0, 0.1) is 56.9 Å². The average Bonchev–Trinajstić information content (AvgIpc) is 1.55. The number of anilines is 2. The summed E-state index contributed by atoms with van der Waals surface area (Å²) in [7, 11) is 14.1. The highest BCUT2D eigenvalue weighted by Gasteiger charge is 2.38. The number of halogens is 5. The van der Waals surface area contributed by atoms with Crippen molar-refractivity contribution in [2.75, 3.05) is 102 Å². The summed E-state index contributed by atoms with van der Waals surface area (Å²) < 4.78 is 116. The normalized spacial score (nSPS) is 15.6. The molecule has 4 atom stereocenters. The first-order valence-electron chi connectivity index (χ1n) is 51.6. The molecule has 4 saturated carbocycles. The number of nitrogens with two attached hydrogens (primary N) is 1. The average molecular weight is 2080 g/mol. The van der Waals surface area contributed by atoms with Crippen LogP contribution < -0.4 is 35.3 Å². The van der Waals surface area contributed by atoms with Crippen molar-refractivity contribution in [3.8, 4) is 23.0 Å². The number of nitrogen functional groups attached to an aromatic ring is 1. The number of fused-ring (bicyclic) bond motifs is 10. The van der Waals surface area contributed by atoms with E-state index in [0.29, 0.717) is 116 Å². The third kappa shape index (κ3) is 25.8. The van der Waals surface area contributed by atoms with Gasteiger partial charge < -0.3 is 87.1 Å². The molecular weight excluding hydrogens is 1940 g/mol. The van der Waals surface area contributed by atoms with Gasteiger partial charge in [0.05, 0.1) is 122 Å². The molecule has 4 unspecified atom stereocenters. The van der Waals surface area contributed by atoms with Crippen molar-refractivity contribution >= 4 is 119 Å². The topological polar surface area (TPSA) is 344 Å². The van der Waals surface area contributed by atoms with E-state index in [1.165, 1.54) is 151 Å². The molecular formula is C116H137ClF4N12O17. The smallest absolute Gasteiger partial charge is 0.409 e. The van der Waals surface area contributed by atoms with Crippen LogP contribution >= 0.6 is 11.6 Å². The number of carbonyl (C=O) groups is 7. The molecule has 150 heavy (non-hydrogen) atoms. The quantitative estimate of drug-likeness (QED) is 0.0119. The lowest BCUT2D eigenvalue weighted by Gasteiger charge is -2.28. The van der Waals surface area contributed by atoms with Gasteiger partial charge in [-0.3, -0.25) is 29.1 Å². The number of pyridine rings is 2. The molecule has 19 rings (SSSR count). The number of amides is 1. The molecule has 4 fully saturated rings. The number of aryl methyl sites for hydroxylation is 4. The minimum Gasteiger partial charge on any atom is -0.496 e. The number of nitrogens with zero attached hydrogens (tertiary/aromatic N) is 9. The highest BCUT2D eigenvalue weighted by Crippen LogP contribution is 2.46. The summed E-state index contributed by atoms with van der Waals surface area (Å²) in [5.74, 6) is -0.400. The number of methoxy groups -OCH3 is 10. The molecule has 0 bridgehead atoms. The standard InChI is InChI=1S/C30H36FN3O5.C28H34FN3O3.C28H30FN3O3.C21H22FN3O3.C7H12O.C2H3ClO2/c1-18-14-26(37-2)21(15-24(18)31)23(29(35)38-3)17-34-25-11-10-19-12-13-33(30(36)39-4)16-22(19)27(25)32-28(34)20-8-6-5-7-9-20;2*1-17-13-25(34-2)20(14-23(17)29)22(28(33)35-3)16-32-24-10-9-18-11-12-30-15-21(18)26(24)31-27(32)19-7-5-4-6-8-19;1-12-8-19(27-2)14(9-17(12)22)16(21(26)28-3)11-25-18-5-4-13-6-7-24-10-15(13)20(18)23;8-6-7-4-2-1-3-5-7;1-5-2(3)4/h10-11,14-15,20,23H,5-9,12-13,16-17H2,1-4H3;9-10,13-14,19,22,30H,4-8,11-12,15-16H2,1-3H3;9-15,19,22H,4-8,16H2,1-3H3;4-10,16,25H,11,23H2,1-3H3;6-7H,1-5H2;1H3. The van der Waals surface area contributed by atoms with Gasteiger partial charge in [0.25, 0.3) is 0 Å². The summed E-state index contributed by atoms with van der Waals surface area (Å²) in [5, 5.41) is 10.5. The minimum atomic E-state index is -0.803. The summed E-state index contributed by atoms with van der Waals surface area (Å²) >= 11 is 4.60. The van der Waals surface area contributed by atoms with Crippen molar-refractivity contribution < 1.29 is 98.5 Å². The summed E-state index contributed by atoms with van der Waals surface area (Å²) in [5.41, 5.74) is 20.6. The zero-order valence-corrected chi connectivity index (χ0v) is 88.8. The lowest BCUT2D eigenvalue weighted by Crippen LogP contribution is -2.35. The molecule has 8 aromatic carbocycles. The van der Waals surface area contributed by atoms with Crippen LogP contribution in [0.3, 0.4) is 0 Å². The summed E-state index contributed by atoms with van der Waals surface area (Å²) in [4.78, 5) is 109. The molecule has 29 nitrogen and oxygen atoms in total. The molecule has 4 aliphatic carbocycles. The molecule has 1 amide bonds. The molecule has 0 radical (unpaired) electrons. The fraction of sp³-hybridized carbons (Fsp3) is 0.448. The number of rotatable bonds is 25. The van der Waals surface area contributed by atoms with Crippen LogP contribution in [0.4, 0.5) is 38.5 Å². The second-order valence-electron chi connectivity index (χ2n) is 39.1. The number of esters is 4. The summed E-state index contributed by atoms with van der Waals surface area (Å²) in [6, 6.07) is 32.2. The van der Waals surface area contributed by atoms with E-state index in [9.17, 15) is 51.1 Å². The Morgan fingerprint density at radius 3 is 1.19 bits per heavy atom. The van der Waals surface area contributed by atoms with E-state index in [-0.39, 0.29) is 43.3 Å². The Hall–Kier alpha value is -14.0. The van der Waals surface area contributed by atoms with Gasteiger partial charge in [-0.25, -0.2) is 42.1 Å². The predicted octanol–water partition coefficient (Wildman–Crippen LogP) is 23.2. The monoisotopic (exact) mass is 2080 g/mol. The van der Waals surface area contributed by atoms with Crippen LogP contribution in [0.25, 0.3) is 54.6 Å². The number of imidazole rings is 3. The lowest BCUT2D eigenvalue weighted by atomic mass is 9.88. The summed E-state index contributed by atoms with van der Waals surface area (Å²) in [6.45, 7) is 10.4. The molecule has 13 aromatic rings. The Morgan fingerprint density at radius 1 is 0.440 bits per heavy atom. The fourth-order valence-electron chi connectivity index (χ4n) is 21.7. The van der Waals surface area contributed by atoms with E-state index in [2.05, 4.69) is 87.0 Å². The van der Waals surface area contributed by atoms with Crippen LogP contribution in [-0.2, 0) is 98.0 Å². The maximum absolute atomic E-state index is 14.8.